The smallest absolute Gasteiger partial charge is 0.319 e. The number of unbranched alkanes of at least 4 members (excludes halogenated alkanes) is 1. The van der Waals surface area contributed by atoms with Gasteiger partial charge in [0.25, 0.3) is 0 Å². The lowest BCUT2D eigenvalue weighted by Crippen LogP contribution is -2.23. The maximum absolute atomic E-state index is 10.6. The van der Waals surface area contributed by atoms with Crippen LogP contribution in [0.5, 0.6) is 0 Å². The van der Waals surface area contributed by atoms with Gasteiger partial charge in [0.15, 0.2) is 0 Å². The van der Waals surface area contributed by atoms with Crippen LogP contribution < -0.4 is 5.73 Å². The molecule has 66 valence electrons. The summed E-state index contributed by atoms with van der Waals surface area (Å²) >= 11 is 3.38. The Labute approximate surface area is 72.9 Å². The van der Waals surface area contributed by atoms with Crippen molar-refractivity contribution in [2.75, 3.05) is 0 Å². The molecule has 0 aliphatic carbocycles. The van der Waals surface area contributed by atoms with Gasteiger partial charge in [0.2, 0.25) is 0 Å². The van der Waals surface area contributed by atoms with Gasteiger partial charge in [0.1, 0.15) is 0 Å². The van der Waals surface area contributed by atoms with E-state index in [0.717, 1.165) is 19.3 Å². The number of rotatable bonds is 5. The molecule has 0 unspecified atom stereocenters. The van der Waals surface area contributed by atoms with Crippen molar-refractivity contribution in [2.24, 2.45) is 5.73 Å². The Morgan fingerprint density at radius 1 is 1.73 bits per heavy atom. The zero-order valence-corrected chi connectivity index (χ0v) is 7.64. The van der Waals surface area contributed by atoms with Gasteiger partial charge in [0, 0.05) is 19.0 Å². The van der Waals surface area contributed by atoms with E-state index in [-0.39, 0.29) is 18.4 Å². The fourth-order valence-corrected chi connectivity index (χ4v) is 0.894. The highest BCUT2D eigenvalue weighted by atomic mass is 32.1. The van der Waals surface area contributed by atoms with Gasteiger partial charge in [-0.2, -0.15) is 0 Å². The number of hydrogen-bond acceptors (Lipinski definition) is 4. The molecule has 0 bridgehead atoms. The summed E-state index contributed by atoms with van der Waals surface area (Å²) in [5.41, 5.74) is 5.60. The number of carbonyl (C=O) groups is 1. The highest BCUT2D eigenvalue weighted by Crippen LogP contribution is 2.03. The predicted molar refractivity (Wildman–Crippen MR) is 47.2 cm³/mol. The van der Waals surface area contributed by atoms with Crippen LogP contribution in [-0.4, -0.2) is 12.0 Å². The van der Waals surface area contributed by atoms with E-state index in [4.69, 9.17) is 5.73 Å². The van der Waals surface area contributed by atoms with E-state index < -0.39 is 0 Å². The van der Waals surface area contributed by atoms with Crippen molar-refractivity contribution >= 4 is 18.9 Å². The maximum Gasteiger partial charge on any atom is 0.319 e. The van der Waals surface area contributed by atoms with Crippen LogP contribution in [0.2, 0.25) is 0 Å². The van der Waals surface area contributed by atoms with Crippen molar-refractivity contribution in [3.05, 3.63) is 0 Å². The molecular formula is C7H15NO2S. The lowest BCUT2D eigenvalue weighted by molar-refractivity contribution is -0.133. The van der Waals surface area contributed by atoms with Crippen LogP contribution in [0.15, 0.2) is 0 Å². The first kappa shape index (κ1) is 10.8. The molecule has 0 saturated carbocycles. The van der Waals surface area contributed by atoms with E-state index in [1.165, 1.54) is 0 Å². The standard InChI is InChI=1S/C7H15NO2S/c1-2-3-4-6(8)5-7(9)10-11/h6,11H,2-5,8H2,1H3/t6-/m0/s1. The summed E-state index contributed by atoms with van der Waals surface area (Å²) in [6.45, 7) is 2.09. The van der Waals surface area contributed by atoms with E-state index >= 15 is 0 Å². The van der Waals surface area contributed by atoms with Crippen molar-refractivity contribution < 1.29 is 8.98 Å². The molecule has 1 atom stereocenters. The first-order valence-corrected chi connectivity index (χ1v) is 4.17. The van der Waals surface area contributed by atoms with Gasteiger partial charge < -0.3 is 9.92 Å². The van der Waals surface area contributed by atoms with Crippen LogP contribution in [0.25, 0.3) is 0 Å². The molecule has 0 fully saturated rings. The third-order valence-electron chi connectivity index (χ3n) is 1.46. The van der Waals surface area contributed by atoms with Crippen LogP contribution in [0.3, 0.4) is 0 Å². The van der Waals surface area contributed by atoms with Crippen LogP contribution >= 0.6 is 12.9 Å². The molecule has 11 heavy (non-hydrogen) atoms. The molecule has 0 rings (SSSR count). The first-order chi connectivity index (χ1) is 5.20. The van der Waals surface area contributed by atoms with E-state index in [1.807, 2.05) is 0 Å². The zero-order valence-electron chi connectivity index (χ0n) is 6.75. The second-order valence-corrected chi connectivity index (χ2v) is 2.75. The summed E-state index contributed by atoms with van der Waals surface area (Å²) in [5.74, 6) is -0.350. The number of thiol groups is 1. The van der Waals surface area contributed by atoms with Gasteiger partial charge in [-0.3, -0.25) is 4.79 Å². The van der Waals surface area contributed by atoms with Crippen molar-refractivity contribution in [3.8, 4) is 0 Å². The topological polar surface area (TPSA) is 52.3 Å². The summed E-state index contributed by atoms with van der Waals surface area (Å²) in [7, 11) is 0. The van der Waals surface area contributed by atoms with Gasteiger partial charge in [0.05, 0.1) is 6.42 Å². The van der Waals surface area contributed by atoms with Crippen molar-refractivity contribution in [1.82, 2.24) is 0 Å². The van der Waals surface area contributed by atoms with E-state index in [2.05, 4.69) is 24.0 Å². The van der Waals surface area contributed by atoms with E-state index in [9.17, 15) is 4.79 Å². The van der Waals surface area contributed by atoms with Crippen molar-refractivity contribution in [2.45, 2.75) is 38.6 Å². The molecular weight excluding hydrogens is 162 g/mol. The fourth-order valence-electron chi connectivity index (χ4n) is 0.820. The van der Waals surface area contributed by atoms with Gasteiger partial charge in [-0.15, -0.1) is 0 Å². The molecule has 0 heterocycles. The molecule has 0 aromatic carbocycles. The van der Waals surface area contributed by atoms with Crippen molar-refractivity contribution in [3.63, 3.8) is 0 Å². The van der Waals surface area contributed by atoms with Gasteiger partial charge in [-0.05, 0) is 6.42 Å². The van der Waals surface area contributed by atoms with Gasteiger partial charge >= 0.3 is 5.97 Å². The molecule has 0 amide bonds. The second-order valence-electron chi connectivity index (χ2n) is 2.57. The van der Waals surface area contributed by atoms with Crippen LogP contribution in [0.1, 0.15) is 32.6 Å². The van der Waals surface area contributed by atoms with Gasteiger partial charge in [-0.25, -0.2) is 0 Å². The Morgan fingerprint density at radius 3 is 2.82 bits per heavy atom. The molecule has 2 N–H and O–H groups in total. The molecule has 0 radical (unpaired) electrons. The van der Waals surface area contributed by atoms with Crippen LogP contribution in [0.4, 0.5) is 0 Å². The molecule has 0 aliphatic rings. The Bertz CT molecular complexity index is 119. The normalized spacial score (nSPS) is 12.6. The SMILES string of the molecule is CCCC[C@H](N)CC(=O)OS. The Morgan fingerprint density at radius 2 is 2.36 bits per heavy atom. The molecule has 0 aliphatic heterocycles. The minimum atomic E-state index is -0.350. The molecule has 0 aromatic rings. The predicted octanol–water partition coefficient (Wildman–Crippen LogP) is 1.28. The Balaban J connectivity index is 3.35. The Hall–Kier alpha value is -0.220. The third-order valence-corrected chi connectivity index (χ3v) is 1.66. The van der Waals surface area contributed by atoms with Crippen LogP contribution in [-0.2, 0) is 8.98 Å². The average molecular weight is 177 g/mol. The zero-order chi connectivity index (χ0) is 8.69. The fraction of sp³-hybridized carbons (Fsp3) is 0.857. The molecule has 0 aromatic heterocycles. The highest BCUT2D eigenvalue weighted by Gasteiger charge is 2.08. The minimum absolute atomic E-state index is 0.0744. The molecule has 4 heteroatoms. The summed E-state index contributed by atoms with van der Waals surface area (Å²) in [4.78, 5) is 10.6. The van der Waals surface area contributed by atoms with Gasteiger partial charge in [-0.1, -0.05) is 19.8 Å². The molecule has 0 spiro atoms. The maximum atomic E-state index is 10.6. The number of nitrogens with two attached hydrogens (primary N) is 1. The van der Waals surface area contributed by atoms with Crippen molar-refractivity contribution in [1.29, 1.82) is 0 Å². The second kappa shape index (κ2) is 6.49. The quantitative estimate of drug-likeness (QED) is 0.491. The van der Waals surface area contributed by atoms with E-state index in [1.54, 1.807) is 0 Å². The monoisotopic (exact) mass is 177 g/mol. The highest BCUT2D eigenvalue weighted by molar-refractivity contribution is 7.75. The summed E-state index contributed by atoms with van der Waals surface area (Å²) in [6.07, 6.45) is 3.30. The molecule has 3 nitrogen and oxygen atoms in total. The summed E-state index contributed by atoms with van der Waals surface area (Å²) < 4.78 is 4.18. The number of carbonyl (C=O) groups excluding carboxylic acids is 1. The first-order valence-electron chi connectivity index (χ1n) is 3.80. The minimum Gasteiger partial charge on any atom is -0.395 e. The summed E-state index contributed by atoms with van der Waals surface area (Å²) in [5, 5.41) is 0. The Kier molecular flexibility index (Phi) is 6.36. The largest absolute Gasteiger partial charge is 0.395 e. The number of hydrogen-bond donors (Lipinski definition) is 2. The third kappa shape index (κ3) is 6.19. The lowest BCUT2D eigenvalue weighted by atomic mass is 10.1. The van der Waals surface area contributed by atoms with Crippen LogP contribution in [0, 0.1) is 0 Å². The summed E-state index contributed by atoms with van der Waals surface area (Å²) in [6, 6.07) is -0.0744. The van der Waals surface area contributed by atoms with E-state index in [0.29, 0.717) is 0 Å². The average Bonchev–Trinajstić information content (AvgIpc) is 2.00. The lowest BCUT2D eigenvalue weighted by Gasteiger charge is -2.07. The molecule has 0 saturated heterocycles.